The molecule has 0 amide bonds. The molecule has 0 aliphatic carbocycles. The summed E-state index contributed by atoms with van der Waals surface area (Å²) in [5.41, 5.74) is 2.69. The first kappa shape index (κ1) is 20.6. The molecule has 0 heterocycles. The Kier molecular flexibility index (Phi) is 6.98. The van der Waals surface area contributed by atoms with E-state index in [1.807, 2.05) is 39.8 Å². The highest BCUT2D eigenvalue weighted by atomic mass is 32.2. The third-order valence-electron chi connectivity index (χ3n) is 3.98. The third-order valence-corrected chi connectivity index (χ3v) is 5.57. The Balaban J connectivity index is 3.50. The molecule has 0 aliphatic heterocycles. The van der Waals surface area contributed by atoms with Crippen LogP contribution >= 0.6 is 0 Å². The second-order valence-electron chi connectivity index (χ2n) is 7.03. The molecular weight excluding hydrogens is 326 g/mol. The van der Waals surface area contributed by atoms with Gasteiger partial charge in [-0.15, -0.1) is 0 Å². The number of aliphatic carboxylic acids is 1. The van der Waals surface area contributed by atoms with E-state index in [-0.39, 0.29) is 24.8 Å². The summed E-state index contributed by atoms with van der Waals surface area (Å²) in [4.78, 5) is 11.0. The van der Waals surface area contributed by atoms with Crippen LogP contribution in [-0.4, -0.2) is 26.0 Å². The standard InChI is InChI=1S/C18H29NO4S/c1-11(2)14-9-15(12(3)4)18(16(10-14)13(5)6)24(22,23)19-8-7-17(20)21/h9-13,19H,7-8H2,1-6H3,(H,20,21). The van der Waals surface area contributed by atoms with Crippen LogP contribution in [-0.2, 0) is 14.8 Å². The fourth-order valence-corrected chi connectivity index (χ4v) is 4.29. The van der Waals surface area contributed by atoms with Crippen molar-refractivity contribution < 1.29 is 18.3 Å². The minimum absolute atomic E-state index is 0.0484. The van der Waals surface area contributed by atoms with Gasteiger partial charge in [0, 0.05) is 6.54 Å². The molecule has 136 valence electrons. The van der Waals surface area contributed by atoms with Gasteiger partial charge in [-0.05, 0) is 34.4 Å². The molecule has 0 saturated heterocycles. The first-order valence-corrected chi connectivity index (χ1v) is 9.84. The van der Waals surface area contributed by atoms with E-state index in [4.69, 9.17) is 5.11 Å². The summed E-state index contributed by atoms with van der Waals surface area (Å²) in [6, 6.07) is 3.93. The third kappa shape index (κ3) is 5.05. The van der Waals surface area contributed by atoms with Crippen molar-refractivity contribution in [3.05, 3.63) is 28.8 Å². The molecule has 5 nitrogen and oxygen atoms in total. The molecule has 0 atom stereocenters. The Morgan fingerprint density at radius 3 is 1.79 bits per heavy atom. The van der Waals surface area contributed by atoms with Gasteiger partial charge in [-0.25, -0.2) is 13.1 Å². The summed E-state index contributed by atoms with van der Waals surface area (Å²) < 4.78 is 28.1. The average Bonchev–Trinajstić information content (AvgIpc) is 2.44. The monoisotopic (exact) mass is 355 g/mol. The van der Waals surface area contributed by atoms with Crippen molar-refractivity contribution in [1.29, 1.82) is 0 Å². The van der Waals surface area contributed by atoms with Gasteiger partial charge in [0.2, 0.25) is 10.0 Å². The van der Waals surface area contributed by atoms with E-state index in [1.54, 1.807) is 0 Å². The van der Waals surface area contributed by atoms with Crippen LogP contribution in [0.2, 0.25) is 0 Å². The highest BCUT2D eigenvalue weighted by Crippen LogP contribution is 2.34. The largest absolute Gasteiger partial charge is 0.481 e. The minimum atomic E-state index is -3.76. The second kappa shape index (κ2) is 8.12. The molecule has 24 heavy (non-hydrogen) atoms. The molecule has 0 spiro atoms. The van der Waals surface area contributed by atoms with E-state index in [9.17, 15) is 13.2 Å². The zero-order valence-corrected chi connectivity index (χ0v) is 16.2. The first-order chi connectivity index (χ1) is 11.0. The van der Waals surface area contributed by atoms with Crippen molar-refractivity contribution in [1.82, 2.24) is 4.72 Å². The SMILES string of the molecule is CC(C)c1cc(C(C)C)c(S(=O)(=O)NCCC(=O)O)c(C(C)C)c1. The summed E-state index contributed by atoms with van der Waals surface area (Å²) in [7, 11) is -3.76. The Morgan fingerprint density at radius 2 is 1.46 bits per heavy atom. The van der Waals surface area contributed by atoms with Gasteiger partial charge in [-0.3, -0.25) is 4.79 Å². The summed E-state index contributed by atoms with van der Waals surface area (Å²) in [6.45, 7) is 11.9. The van der Waals surface area contributed by atoms with Gasteiger partial charge in [0.05, 0.1) is 11.3 Å². The van der Waals surface area contributed by atoms with Gasteiger partial charge < -0.3 is 5.11 Å². The van der Waals surface area contributed by atoms with Crippen LogP contribution in [0, 0.1) is 0 Å². The van der Waals surface area contributed by atoms with Gasteiger partial charge in [-0.2, -0.15) is 0 Å². The lowest BCUT2D eigenvalue weighted by Gasteiger charge is -2.22. The zero-order chi connectivity index (χ0) is 18.7. The Labute approximate surface area is 145 Å². The van der Waals surface area contributed by atoms with Gasteiger partial charge in [0.25, 0.3) is 0 Å². The summed E-state index contributed by atoms with van der Waals surface area (Å²) in [5, 5.41) is 8.73. The van der Waals surface area contributed by atoms with Gasteiger partial charge >= 0.3 is 5.97 Å². The molecular formula is C18H29NO4S. The van der Waals surface area contributed by atoms with Gasteiger partial charge in [0.15, 0.2) is 0 Å². The Hall–Kier alpha value is -1.40. The van der Waals surface area contributed by atoms with Crippen LogP contribution in [0.1, 0.15) is 82.4 Å². The maximum absolute atomic E-state index is 12.8. The van der Waals surface area contributed by atoms with Crippen molar-refractivity contribution in [3.63, 3.8) is 0 Å². The number of carboxylic acids is 1. The number of sulfonamides is 1. The van der Waals surface area contributed by atoms with Gasteiger partial charge in [-0.1, -0.05) is 53.7 Å². The summed E-state index contributed by atoms with van der Waals surface area (Å²) in [6.07, 6.45) is -0.239. The lowest BCUT2D eigenvalue weighted by molar-refractivity contribution is -0.136. The van der Waals surface area contributed by atoms with Crippen LogP contribution in [0.5, 0.6) is 0 Å². The number of carbonyl (C=O) groups is 1. The normalized spacial score (nSPS) is 12.4. The Morgan fingerprint density at radius 1 is 1.00 bits per heavy atom. The van der Waals surface area contributed by atoms with E-state index < -0.39 is 16.0 Å². The predicted molar refractivity (Wildman–Crippen MR) is 96.2 cm³/mol. The molecule has 0 unspecified atom stereocenters. The van der Waals surface area contributed by atoms with Crippen LogP contribution in [0.25, 0.3) is 0 Å². The molecule has 0 aliphatic rings. The van der Waals surface area contributed by atoms with E-state index >= 15 is 0 Å². The van der Waals surface area contributed by atoms with Crippen molar-refractivity contribution in [2.75, 3.05) is 6.54 Å². The number of hydrogen-bond acceptors (Lipinski definition) is 3. The molecule has 0 saturated carbocycles. The zero-order valence-electron chi connectivity index (χ0n) is 15.4. The molecule has 0 bridgehead atoms. The molecule has 1 aromatic rings. The fourth-order valence-electron chi connectivity index (χ4n) is 2.56. The number of benzene rings is 1. The van der Waals surface area contributed by atoms with E-state index in [0.717, 1.165) is 16.7 Å². The van der Waals surface area contributed by atoms with E-state index in [1.165, 1.54) is 0 Å². The maximum atomic E-state index is 12.8. The van der Waals surface area contributed by atoms with Crippen molar-refractivity contribution in [2.45, 2.75) is 70.6 Å². The lowest BCUT2D eigenvalue weighted by Crippen LogP contribution is -2.28. The molecule has 2 N–H and O–H groups in total. The van der Waals surface area contributed by atoms with Crippen LogP contribution in [0.15, 0.2) is 17.0 Å². The molecule has 6 heteroatoms. The molecule has 0 radical (unpaired) electrons. The van der Waals surface area contributed by atoms with Crippen molar-refractivity contribution >= 4 is 16.0 Å². The lowest BCUT2D eigenvalue weighted by atomic mass is 9.89. The Bertz CT molecular complexity index is 662. The summed E-state index contributed by atoms with van der Waals surface area (Å²) >= 11 is 0. The topological polar surface area (TPSA) is 83.5 Å². The number of hydrogen-bond donors (Lipinski definition) is 2. The highest BCUT2D eigenvalue weighted by Gasteiger charge is 2.26. The number of carboxylic acid groups (broad SMARTS) is 1. The molecule has 0 aromatic heterocycles. The predicted octanol–water partition coefficient (Wildman–Crippen LogP) is 3.81. The molecule has 1 rings (SSSR count). The van der Waals surface area contributed by atoms with Crippen LogP contribution < -0.4 is 4.72 Å². The van der Waals surface area contributed by atoms with Crippen molar-refractivity contribution in [2.24, 2.45) is 0 Å². The van der Waals surface area contributed by atoms with Crippen LogP contribution in [0.3, 0.4) is 0 Å². The molecule has 0 fully saturated rings. The summed E-state index contributed by atoms with van der Waals surface area (Å²) in [5.74, 6) is -0.628. The second-order valence-corrected chi connectivity index (χ2v) is 8.74. The average molecular weight is 356 g/mol. The minimum Gasteiger partial charge on any atom is -0.481 e. The maximum Gasteiger partial charge on any atom is 0.304 e. The van der Waals surface area contributed by atoms with E-state index in [0.29, 0.717) is 10.8 Å². The highest BCUT2D eigenvalue weighted by molar-refractivity contribution is 7.89. The van der Waals surface area contributed by atoms with E-state index in [2.05, 4.69) is 18.6 Å². The number of nitrogens with one attached hydrogen (secondary N) is 1. The fraction of sp³-hybridized carbons (Fsp3) is 0.611. The quantitative estimate of drug-likeness (QED) is 0.743. The first-order valence-electron chi connectivity index (χ1n) is 8.36. The van der Waals surface area contributed by atoms with Crippen molar-refractivity contribution in [3.8, 4) is 0 Å². The van der Waals surface area contributed by atoms with Crippen LogP contribution in [0.4, 0.5) is 0 Å². The number of rotatable bonds is 8. The smallest absolute Gasteiger partial charge is 0.304 e. The molecule has 1 aromatic carbocycles. The van der Waals surface area contributed by atoms with Gasteiger partial charge in [0.1, 0.15) is 0 Å².